The highest BCUT2D eigenvalue weighted by molar-refractivity contribution is 7.18. The number of nitrogens with zero attached hydrogens (tertiary/aromatic N) is 3. The van der Waals surface area contributed by atoms with Crippen molar-refractivity contribution in [3.63, 3.8) is 0 Å². The van der Waals surface area contributed by atoms with Crippen LogP contribution in [0.3, 0.4) is 0 Å². The summed E-state index contributed by atoms with van der Waals surface area (Å²) in [7, 11) is 6.18. The van der Waals surface area contributed by atoms with E-state index in [9.17, 15) is 9.59 Å². The van der Waals surface area contributed by atoms with E-state index in [2.05, 4.69) is 15.5 Å². The Morgan fingerprint density at radius 2 is 1.57 bits per heavy atom. The molecule has 0 atom stereocenters. The molecular weight excluding hydrogens is 580 g/mol. The van der Waals surface area contributed by atoms with Crippen LogP contribution >= 0.6 is 22.9 Å². The van der Waals surface area contributed by atoms with Crippen molar-refractivity contribution < 1.29 is 28.5 Å². The van der Waals surface area contributed by atoms with Gasteiger partial charge < -0.3 is 29.2 Å². The van der Waals surface area contributed by atoms with Crippen molar-refractivity contribution in [3.8, 4) is 33.6 Å². The molecule has 12 heteroatoms. The number of halogens is 1. The van der Waals surface area contributed by atoms with Crippen molar-refractivity contribution in [1.29, 1.82) is 0 Å². The van der Waals surface area contributed by atoms with E-state index in [1.807, 2.05) is 30.3 Å². The number of hydrogen-bond acceptors (Lipinski definition) is 9. The van der Waals surface area contributed by atoms with Crippen LogP contribution in [-0.4, -0.2) is 68.4 Å². The summed E-state index contributed by atoms with van der Waals surface area (Å²) in [6, 6.07) is 17.8. The Labute approximate surface area is 253 Å². The Kier molecular flexibility index (Phi) is 10.6. The first-order valence-corrected chi connectivity index (χ1v) is 14.2. The normalized spacial score (nSPS) is 10.6. The maximum atomic E-state index is 13.7. The molecule has 42 heavy (non-hydrogen) atoms. The first-order valence-electron chi connectivity index (χ1n) is 13.0. The van der Waals surface area contributed by atoms with E-state index in [0.29, 0.717) is 56.7 Å². The van der Waals surface area contributed by atoms with Gasteiger partial charge in [0.1, 0.15) is 16.5 Å². The number of anilines is 1. The van der Waals surface area contributed by atoms with Gasteiger partial charge in [0.05, 0.1) is 34.0 Å². The van der Waals surface area contributed by atoms with Gasteiger partial charge >= 0.3 is 0 Å². The van der Waals surface area contributed by atoms with Crippen LogP contribution in [0.25, 0.3) is 10.6 Å². The van der Waals surface area contributed by atoms with Crippen molar-refractivity contribution in [2.45, 2.75) is 12.8 Å². The molecule has 4 rings (SSSR count). The fourth-order valence-corrected chi connectivity index (χ4v) is 5.05. The second-order valence-electron chi connectivity index (χ2n) is 9.02. The van der Waals surface area contributed by atoms with E-state index in [0.717, 1.165) is 11.1 Å². The van der Waals surface area contributed by atoms with E-state index in [1.54, 1.807) is 56.6 Å². The average Bonchev–Trinajstić information content (AvgIpc) is 3.48. The molecule has 0 fully saturated rings. The van der Waals surface area contributed by atoms with Crippen LogP contribution in [0.2, 0.25) is 5.02 Å². The molecule has 0 radical (unpaired) electrons. The Morgan fingerprint density at radius 3 is 2.26 bits per heavy atom. The van der Waals surface area contributed by atoms with Crippen LogP contribution in [0.15, 0.2) is 60.7 Å². The van der Waals surface area contributed by atoms with E-state index in [-0.39, 0.29) is 24.8 Å². The molecule has 0 unspecified atom stereocenters. The maximum absolute atomic E-state index is 13.7. The zero-order valence-electron chi connectivity index (χ0n) is 23.7. The second-order valence-corrected chi connectivity index (χ2v) is 10.4. The third-order valence-corrected chi connectivity index (χ3v) is 7.56. The fraction of sp³-hybridized carbons (Fsp3) is 0.267. The molecule has 3 aromatic carbocycles. The van der Waals surface area contributed by atoms with Crippen LogP contribution in [0.1, 0.15) is 22.3 Å². The Morgan fingerprint density at radius 1 is 0.833 bits per heavy atom. The molecule has 4 aromatic rings. The zero-order chi connectivity index (χ0) is 30.1. The number of amides is 2. The first kappa shape index (κ1) is 30.6. The Balaban J connectivity index is 1.48. The molecule has 0 aliphatic heterocycles. The third kappa shape index (κ3) is 7.68. The lowest BCUT2D eigenvalue weighted by Gasteiger charge is -2.24. The summed E-state index contributed by atoms with van der Waals surface area (Å²) in [4.78, 5) is 28.2. The van der Waals surface area contributed by atoms with Gasteiger partial charge in [-0.2, -0.15) is 0 Å². The molecule has 0 spiro atoms. The standard InChI is InChI=1S/C30H31ClN4O6S/c1-38-22-10-11-23(25(18-22)40-3)29(37)35(15-13-19-5-12-24(39-2)26(17-19)41-4)16-14-27(36)32-30-34-33-28(42-30)20-6-8-21(31)9-7-20/h5-12,17-18H,13-16H2,1-4H3,(H,32,34,36). The summed E-state index contributed by atoms with van der Waals surface area (Å²) < 4.78 is 21.5. The summed E-state index contributed by atoms with van der Waals surface area (Å²) in [5, 5.41) is 12.7. The minimum atomic E-state index is -0.292. The quantitative estimate of drug-likeness (QED) is 0.208. The lowest BCUT2D eigenvalue weighted by Crippen LogP contribution is -2.35. The lowest BCUT2D eigenvalue weighted by molar-refractivity contribution is -0.116. The highest BCUT2D eigenvalue weighted by Crippen LogP contribution is 2.30. The van der Waals surface area contributed by atoms with Crippen LogP contribution in [0.4, 0.5) is 5.13 Å². The van der Waals surface area contributed by atoms with Gasteiger partial charge in [0.15, 0.2) is 11.5 Å². The monoisotopic (exact) mass is 610 g/mol. The van der Waals surface area contributed by atoms with E-state index in [4.69, 9.17) is 30.5 Å². The van der Waals surface area contributed by atoms with Gasteiger partial charge in [0.25, 0.3) is 5.91 Å². The van der Waals surface area contributed by atoms with E-state index in [1.165, 1.54) is 18.4 Å². The number of rotatable bonds is 13. The molecule has 0 aliphatic carbocycles. The fourth-order valence-electron chi connectivity index (χ4n) is 4.16. The van der Waals surface area contributed by atoms with Crippen LogP contribution in [-0.2, 0) is 11.2 Å². The lowest BCUT2D eigenvalue weighted by atomic mass is 10.1. The van der Waals surface area contributed by atoms with Crippen LogP contribution in [0.5, 0.6) is 23.0 Å². The zero-order valence-corrected chi connectivity index (χ0v) is 25.3. The van der Waals surface area contributed by atoms with Gasteiger partial charge in [-0.3, -0.25) is 9.59 Å². The Bertz CT molecular complexity index is 1530. The van der Waals surface area contributed by atoms with Crippen molar-refractivity contribution in [3.05, 3.63) is 76.8 Å². The summed E-state index contributed by atoms with van der Waals surface area (Å²) in [5.41, 5.74) is 2.15. The average molecular weight is 611 g/mol. The third-order valence-electron chi connectivity index (χ3n) is 6.42. The number of carbonyl (C=O) groups excluding carboxylic acids is 2. The van der Waals surface area contributed by atoms with E-state index < -0.39 is 0 Å². The number of nitrogens with one attached hydrogen (secondary N) is 1. The summed E-state index contributed by atoms with van der Waals surface area (Å²) >= 11 is 7.22. The van der Waals surface area contributed by atoms with Gasteiger partial charge in [-0.25, -0.2) is 0 Å². The number of carbonyl (C=O) groups is 2. The molecule has 1 N–H and O–H groups in total. The summed E-state index contributed by atoms with van der Waals surface area (Å²) in [6.45, 7) is 0.506. The SMILES string of the molecule is COc1ccc(C(=O)N(CCC(=O)Nc2nnc(-c3ccc(Cl)cc3)s2)CCc2ccc(OC)c(OC)c2)c(OC)c1. The van der Waals surface area contributed by atoms with Crippen LogP contribution < -0.4 is 24.3 Å². The molecular formula is C30H31ClN4O6S. The molecule has 0 bridgehead atoms. The van der Waals surface area contributed by atoms with Gasteiger partial charge in [0.2, 0.25) is 11.0 Å². The number of benzene rings is 3. The highest BCUT2D eigenvalue weighted by Gasteiger charge is 2.22. The molecule has 2 amide bonds. The predicted octanol–water partition coefficient (Wildman–Crippen LogP) is 5.61. The predicted molar refractivity (Wildman–Crippen MR) is 162 cm³/mol. The first-order chi connectivity index (χ1) is 20.3. The largest absolute Gasteiger partial charge is 0.497 e. The molecule has 0 saturated carbocycles. The summed E-state index contributed by atoms with van der Waals surface area (Å²) in [5.74, 6) is 1.59. The van der Waals surface area contributed by atoms with Crippen LogP contribution in [0, 0.1) is 0 Å². The second kappa shape index (κ2) is 14.5. The molecule has 220 valence electrons. The minimum absolute atomic E-state index is 0.0476. The molecule has 1 heterocycles. The highest BCUT2D eigenvalue weighted by atomic mass is 35.5. The van der Waals surface area contributed by atoms with Crippen molar-refractivity contribution in [1.82, 2.24) is 15.1 Å². The van der Waals surface area contributed by atoms with E-state index >= 15 is 0 Å². The van der Waals surface area contributed by atoms with Crippen molar-refractivity contribution >= 4 is 39.9 Å². The molecule has 1 aromatic heterocycles. The smallest absolute Gasteiger partial charge is 0.257 e. The molecule has 10 nitrogen and oxygen atoms in total. The topological polar surface area (TPSA) is 112 Å². The van der Waals surface area contributed by atoms with Crippen molar-refractivity contribution in [2.24, 2.45) is 0 Å². The van der Waals surface area contributed by atoms with Gasteiger partial charge in [0, 0.05) is 36.2 Å². The summed E-state index contributed by atoms with van der Waals surface area (Å²) in [6.07, 6.45) is 0.568. The number of aromatic nitrogens is 2. The molecule has 0 aliphatic rings. The van der Waals surface area contributed by atoms with Gasteiger partial charge in [-0.05, 0) is 48.4 Å². The van der Waals surface area contributed by atoms with Gasteiger partial charge in [-0.15, -0.1) is 10.2 Å². The maximum Gasteiger partial charge on any atom is 0.257 e. The number of ether oxygens (including phenoxy) is 4. The number of hydrogen-bond donors (Lipinski definition) is 1. The van der Waals surface area contributed by atoms with Gasteiger partial charge in [-0.1, -0.05) is 41.1 Å². The molecule has 0 saturated heterocycles. The Hall–Kier alpha value is -4.35. The van der Waals surface area contributed by atoms with Crippen molar-refractivity contribution in [2.75, 3.05) is 46.8 Å². The number of methoxy groups -OCH3 is 4. The minimum Gasteiger partial charge on any atom is -0.497 e.